The van der Waals surface area contributed by atoms with Gasteiger partial charge in [-0.2, -0.15) is 0 Å². The normalized spacial score (nSPS) is 12.2. The molecule has 184 valence electrons. The molecule has 0 radical (unpaired) electrons. The molecule has 0 aliphatic rings. The molecule has 0 N–H and O–H groups in total. The topological polar surface area (TPSA) is 55.8 Å². The molecule has 0 bridgehead atoms. The van der Waals surface area contributed by atoms with E-state index in [1.54, 1.807) is 0 Å². The number of ether oxygens (including phenoxy) is 2. The molecule has 0 unspecified atom stereocenters. The van der Waals surface area contributed by atoms with Gasteiger partial charge < -0.3 is 9.47 Å². The van der Waals surface area contributed by atoms with Gasteiger partial charge in [-0.05, 0) is 43.9 Å². The van der Waals surface area contributed by atoms with Gasteiger partial charge in [0, 0.05) is 13.1 Å². The molecule has 35 heavy (non-hydrogen) atoms. The maximum atomic E-state index is 13.4. The Morgan fingerprint density at radius 2 is 1.29 bits per heavy atom. The molecular formula is C30H35NO4. The molecule has 1 atom stereocenters. The van der Waals surface area contributed by atoms with Crippen molar-refractivity contribution in [3.8, 4) is 0 Å². The predicted octanol–water partition coefficient (Wildman–Crippen LogP) is 5.58. The van der Waals surface area contributed by atoms with Crippen LogP contribution in [0.15, 0.2) is 91.0 Å². The van der Waals surface area contributed by atoms with Crippen molar-refractivity contribution in [2.45, 2.75) is 58.4 Å². The van der Waals surface area contributed by atoms with Crippen LogP contribution in [0.25, 0.3) is 0 Å². The molecule has 0 heterocycles. The number of nitrogens with zero attached hydrogens (tertiary/aromatic N) is 1. The summed E-state index contributed by atoms with van der Waals surface area (Å²) in [6, 6.07) is 28.9. The largest absolute Gasteiger partial charge is 0.460 e. The van der Waals surface area contributed by atoms with Crippen LogP contribution in [0, 0.1) is 0 Å². The fourth-order valence-electron chi connectivity index (χ4n) is 3.81. The summed E-state index contributed by atoms with van der Waals surface area (Å²) >= 11 is 0. The van der Waals surface area contributed by atoms with Crippen molar-refractivity contribution in [2.24, 2.45) is 0 Å². The third kappa shape index (κ3) is 9.38. The molecular weight excluding hydrogens is 438 g/mol. The number of hydrogen-bond acceptors (Lipinski definition) is 5. The average Bonchev–Trinajstić information content (AvgIpc) is 2.84. The molecule has 0 fully saturated rings. The van der Waals surface area contributed by atoms with E-state index < -0.39 is 11.6 Å². The van der Waals surface area contributed by atoms with Gasteiger partial charge in [-0.25, -0.2) is 0 Å². The fraction of sp³-hybridized carbons (Fsp3) is 0.333. The highest BCUT2D eigenvalue weighted by Crippen LogP contribution is 2.18. The molecule has 0 saturated heterocycles. The average molecular weight is 474 g/mol. The zero-order chi connectivity index (χ0) is 25.1. The minimum atomic E-state index is -0.556. The van der Waals surface area contributed by atoms with E-state index in [0.717, 1.165) is 16.7 Å². The van der Waals surface area contributed by atoms with E-state index in [1.165, 1.54) is 0 Å². The van der Waals surface area contributed by atoms with Crippen LogP contribution < -0.4 is 0 Å². The number of carbonyl (C=O) groups is 2. The van der Waals surface area contributed by atoms with Crippen molar-refractivity contribution in [2.75, 3.05) is 6.54 Å². The van der Waals surface area contributed by atoms with Gasteiger partial charge in [0.25, 0.3) is 0 Å². The first-order valence-electron chi connectivity index (χ1n) is 12.0. The van der Waals surface area contributed by atoms with Crippen LogP contribution in [0.1, 0.15) is 43.9 Å². The quantitative estimate of drug-likeness (QED) is 0.341. The van der Waals surface area contributed by atoms with Crippen LogP contribution in [0.5, 0.6) is 0 Å². The van der Waals surface area contributed by atoms with Crippen LogP contribution in [0.3, 0.4) is 0 Å². The van der Waals surface area contributed by atoms with E-state index in [1.807, 2.05) is 117 Å². The van der Waals surface area contributed by atoms with Gasteiger partial charge in [0.15, 0.2) is 0 Å². The zero-order valence-electron chi connectivity index (χ0n) is 20.9. The summed E-state index contributed by atoms with van der Waals surface area (Å²) in [5, 5.41) is 0. The molecule has 0 aromatic heterocycles. The Morgan fingerprint density at radius 1 is 0.771 bits per heavy atom. The van der Waals surface area contributed by atoms with Gasteiger partial charge in [-0.3, -0.25) is 14.5 Å². The molecule has 3 aromatic carbocycles. The Hall–Kier alpha value is -3.44. The van der Waals surface area contributed by atoms with Gasteiger partial charge in [0.05, 0.1) is 6.42 Å². The lowest BCUT2D eigenvalue weighted by molar-refractivity contribution is -0.157. The standard InChI is InChI=1S/C30H35NO4/c1-30(2,3)35-28(32)19-20-31(22-25-15-9-5-10-16-25)27(21-24-13-7-4-8-14-24)29(33)34-23-26-17-11-6-12-18-26/h4-18,27H,19-23H2,1-3H3/t27-/m0/s1. The van der Waals surface area contributed by atoms with Crippen molar-refractivity contribution in [3.63, 3.8) is 0 Å². The highest BCUT2D eigenvalue weighted by atomic mass is 16.6. The second-order valence-corrected chi connectivity index (χ2v) is 9.59. The van der Waals surface area contributed by atoms with E-state index in [4.69, 9.17) is 9.47 Å². The van der Waals surface area contributed by atoms with Gasteiger partial charge >= 0.3 is 11.9 Å². The number of benzene rings is 3. The molecule has 0 aliphatic carbocycles. The summed E-state index contributed by atoms with van der Waals surface area (Å²) in [6.45, 7) is 6.66. The second kappa shape index (κ2) is 12.9. The predicted molar refractivity (Wildman–Crippen MR) is 137 cm³/mol. The van der Waals surface area contributed by atoms with Gasteiger partial charge in [0.1, 0.15) is 18.2 Å². The molecule has 0 aliphatic heterocycles. The lowest BCUT2D eigenvalue weighted by atomic mass is 10.0. The monoisotopic (exact) mass is 473 g/mol. The molecule has 3 aromatic rings. The Balaban J connectivity index is 1.82. The van der Waals surface area contributed by atoms with Crippen molar-refractivity contribution in [1.82, 2.24) is 4.90 Å². The highest BCUT2D eigenvalue weighted by Gasteiger charge is 2.29. The molecule has 0 saturated carbocycles. The number of rotatable bonds is 11. The summed E-state index contributed by atoms with van der Waals surface area (Å²) < 4.78 is 11.3. The lowest BCUT2D eigenvalue weighted by Gasteiger charge is -2.31. The van der Waals surface area contributed by atoms with Crippen molar-refractivity contribution >= 4 is 11.9 Å². The Morgan fingerprint density at radius 3 is 1.83 bits per heavy atom. The summed E-state index contributed by atoms with van der Waals surface area (Å²) in [4.78, 5) is 28.0. The molecule has 0 amide bonds. The van der Waals surface area contributed by atoms with Crippen molar-refractivity contribution in [1.29, 1.82) is 0 Å². The van der Waals surface area contributed by atoms with E-state index in [-0.39, 0.29) is 25.0 Å². The van der Waals surface area contributed by atoms with Crippen molar-refractivity contribution < 1.29 is 19.1 Å². The van der Waals surface area contributed by atoms with E-state index in [9.17, 15) is 9.59 Å². The van der Waals surface area contributed by atoms with Crippen LogP contribution in [-0.4, -0.2) is 35.0 Å². The summed E-state index contributed by atoms with van der Waals surface area (Å²) in [5.74, 6) is -0.593. The zero-order valence-corrected chi connectivity index (χ0v) is 20.9. The summed E-state index contributed by atoms with van der Waals surface area (Å²) in [7, 11) is 0. The molecule has 0 spiro atoms. The molecule has 3 rings (SSSR count). The lowest BCUT2D eigenvalue weighted by Crippen LogP contribution is -2.44. The van der Waals surface area contributed by atoms with Crippen molar-refractivity contribution in [3.05, 3.63) is 108 Å². The van der Waals surface area contributed by atoms with E-state index >= 15 is 0 Å². The summed E-state index contributed by atoms with van der Waals surface area (Å²) in [5.41, 5.74) is 2.47. The Kier molecular flexibility index (Phi) is 9.62. The third-order valence-electron chi connectivity index (χ3n) is 5.46. The Labute approximate surface area is 208 Å². The number of esters is 2. The second-order valence-electron chi connectivity index (χ2n) is 9.59. The molecule has 5 nitrogen and oxygen atoms in total. The SMILES string of the molecule is CC(C)(C)OC(=O)CCN(Cc1ccccc1)[C@@H](Cc1ccccc1)C(=O)OCc1ccccc1. The smallest absolute Gasteiger partial charge is 0.324 e. The highest BCUT2D eigenvalue weighted by molar-refractivity contribution is 5.76. The minimum Gasteiger partial charge on any atom is -0.460 e. The number of hydrogen-bond donors (Lipinski definition) is 0. The first kappa shape index (κ1) is 26.2. The number of carbonyl (C=O) groups excluding carboxylic acids is 2. The van der Waals surface area contributed by atoms with Crippen LogP contribution in [0.4, 0.5) is 0 Å². The van der Waals surface area contributed by atoms with Crippen LogP contribution in [-0.2, 0) is 38.6 Å². The van der Waals surface area contributed by atoms with Gasteiger partial charge in [0.2, 0.25) is 0 Å². The first-order chi connectivity index (χ1) is 16.8. The van der Waals surface area contributed by atoms with E-state index in [2.05, 4.69) is 0 Å². The van der Waals surface area contributed by atoms with Crippen LogP contribution in [0.2, 0.25) is 0 Å². The van der Waals surface area contributed by atoms with Crippen LogP contribution >= 0.6 is 0 Å². The third-order valence-corrected chi connectivity index (χ3v) is 5.46. The van der Waals surface area contributed by atoms with Gasteiger partial charge in [-0.15, -0.1) is 0 Å². The van der Waals surface area contributed by atoms with E-state index in [0.29, 0.717) is 19.5 Å². The fourth-order valence-corrected chi connectivity index (χ4v) is 3.81. The first-order valence-corrected chi connectivity index (χ1v) is 12.0. The molecule has 5 heteroatoms. The maximum Gasteiger partial charge on any atom is 0.324 e. The van der Waals surface area contributed by atoms with Gasteiger partial charge in [-0.1, -0.05) is 91.0 Å². The Bertz CT molecular complexity index is 1050. The summed E-state index contributed by atoms with van der Waals surface area (Å²) in [6.07, 6.45) is 0.664. The maximum absolute atomic E-state index is 13.4. The minimum absolute atomic E-state index is 0.182.